The SMILES string of the molecule is CN=C(NCCc1ccc(C)c(OC)c1)NCC(c1ccco1)N1CCCC1.I. The summed E-state index contributed by atoms with van der Waals surface area (Å²) in [5.74, 6) is 2.76. The number of hydrogen-bond acceptors (Lipinski definition) is 4. The van der Waals surface area contributed by atoms with Gasteiger partial charge in [-0.05, 0) is 68.6 Å². The van der Waals surface area contributed by atoms with E-state index in [0.29, 0.717) is 0 Å². The number of aliphatic imine (C=N–C) groups is 1. The fourth-order valence-corrected chi connectivity index (χ4v) is 3.70. The third-order valence-electron chi connectivity index (χ3n) is 5.32. The largest absolute Gasteiger partial charge is 0.496 e. The highest BCUT2D eigenvalue weighted by atomic mass is 127. The molecular weight excluding hydrogens is 479 g/mol. The Morgan fingerprint density at radius 2 is 2.03 bits per heavy atom. The number of benzene rings is 1. The summed E-state index contributed by atoms with van der Waals surface area (Å²) in [6, 6.07) is 10.6. The molecule has 3 rings (SSSR count). The minimum atomic E-state index is 0. The van der Waals surface area contributed by atoms with Crippen molar-refractivity contribution in [2.75, 3.05) is 40.3 Å². The van der Waals surface area contributed by atoms with Crippen LogP contribution < -0.4 is 15.4 Å². The molecule has 1 aliphatic rings. The number of hydrogen-bond donors (Lipinski definition) is 2. The molecule has 0 aliphatic carbocycles. The first-order valence-corrected chi connectivity index (χ1v) is 10.1. The van der Waals surface area contributed by atoms with Crippen LogP contribution in [0.25, 0.3) is 0 Å². The minimum Gasteiger partial charge on any atom is -0.496 e. The van der Waals surface area contributed by atoms with Crippen LogP contribution in [0.5, 0.6) is 5.75 Å². The van der Waals surface area contributed by atoms with Crippen molar-refractivity contribution in [2.45, 2.75) is 32.2 Å². The minimum absolute atomic E-state index is 0. The Hall–Kier alpha value is -1.74. The molecule has 0 radical (unpaired) electrons. The number of aryl methyl sites for hydroxylation is 1. The van der Waals surface area contributed by atoms with Crippen LogP contribution in [-0.4, -0.2) is 51.2 Å². The number of guanidine groups is 1. The van der Waals surface area contributed by atoms with E-state index in [0.717, 1.165) is 55.6 Å². The van der Waals surface area contributed by atoms with Gasteiger partial charge in [0.2, 0.25) is 0 Å². The molecule has 160 valence electrons. The molecule has 1 aromatic carbocycles. The standard InChI is InChI=1S/C22H32N4O2.HI/c1-17-8-9-18(15-21(17)27-3)10-11-24-22(23-2)25-16-19(20-7-6-14-28-20)26-12-4-5-13-26;/h6-9,14-15,19H,4-5,10-13,16H2,1-3H3,(H2,23,24,25);1H. The van der Waals surface area contributed by atoms with E-state index in [1.54, 1.807) is 13.4 Å². The molecule has 1 atom stereocenters. The normalized spacial score (nSPS) is 15.6. The molecule has 1 unspecified atom stereocenters. The van der Waals surface area contributed by atoms with Crippen LogP contribution in [-0.2, 0) is 6.42 Å². The van der Waals surface area contributed by atoms with Crippen molar-refractivity contribution in [3.8, 4) is 5.75 Å². The average molecular weight is 512 g/mol. The number of ether oxygens (including phenoxy) is 1. The van der Waals surface area contributed by atoms with Crippen LogP contribution in [0.4, 0.5) is 0 Å². The van der Waals surface area contributed by atoms with Gasteiger partial charge in [-0.25, -0.2) is 0 Å². The zero-order chi connectivity index (χ0) is 19.8. The zero-order valence-electron chi connectivity index (χ0n) is 17.6. The van der Waals surface area contributed by atoms with Crippen molar-refractivity contribution >= 4 is 29.9 Å². The molecule has 2 heterocycles. The van der Waals surface area contributed by atoms with E-state index in [-0.39, 0.29) is 30.0 Å². The van der Waals surface area contributed by atoms with E-state index in [9.17, 15) is 0 Å². The number of nitrogens with zero attached hydrogens (tertiary/aromatic N) is 2. The molecule has 0 saturated carbocycles. The van der Waals surface area contributed by atoms with E-state index in [1.807, 2.05) is 13.1 Å². The predicted molar refractivity (Wildman–Crippen MR) is 128 cm³/mol. The Kier molecular flexibility index (Phi) is 9.80. The van der Waals surface area contributed by atoms with Crippen molar-refractivity contribution in [1.29, 1.82) is 0 Å². The van der Waals surface area contributed by atoms with Crippen LogP contribution >= 0.6 is 24.0 Å². The van der Waals surface area contributed by atoms with Gasteiger partial charge in [-0.3, -0.25) is 9.89 Å². The van der Waals surface area contributed by atoms with Crippen LogP contribution in [0.1, 0.15) is 35.8 Å². The molecule has 0 spiro atoms. The summed E-state index contributed by atoms with van der Waals surface area (Å²) in [4.78, 5) is 6.85. The molecule has 29 heavy (non-hydrogen) atoms. The molecule has 0 bridgehead atoms. The van der Waals surface area contributed by atoms with Gasteiger partial charge in [-0.15, -0.1) is 24.0 Å². The Morgan fingerprint density at radius 3 is 2.69 bits per heavy atom. The lowest BCUT2D eigenvalue weighted by molar-refractivity contribution is 0.215. The first-order valence-electron chi connectivity index (χ1n) is 10.1. The second kappa shape index (κ2) is 12.1. The second-order valence-corrected chi connectivity index (χ2v) is 7.21. The van der Waals surface area contributed by atoms with E-state index < -0.39 is 0 Å². The Morgan fingerprint density at radius 1 is 1.24 bits per heavy atom. The molecule has 1 fully saturated rings. The number of halogens is 1. The van der Waals surface area contributed by atoms with Gasteiger partial charge in [0.05, 0.1) is 19.4 Å². The second-order valence-electron chi connectivity index (χ2n) is 7.21. The molecule has 1 aliphatic heterocycles. The third-order valence-corrected chi connectivity index (χ3v) is 5.32. The van der Waals surface area contributed by atoms with Crippen molar-refractivity contribution in [3.63, 3.8) is 0 Å². The van der Waals surface area contributed by atoms with Crippen LogP contribution in [0.3, 0.4) is 0 Å². The summed E-state index contributed by atoms with van der Waals surface area (Å²) >= 11 is 0. The molecular formula is C22H33IN4O2. The highest BCUT2D eigenvalue weighted by Crippen LogP contribution is 2.24. The smallest absolute Gasteiger partial charge is 0.191 e. The maximum absolute atomic E-state index is 5.69. The third kappa shape index (κ3) is 6.64. The summed E-state index contributed by atoms with van der Waals surface area (Å²) in [7, 11) is 3.52. The van der Waals surface area contributed by atoms with Crippen LogP contribution in [0.15, 0.2) is 46.0 Å². The Balaban J connectivity index is 0.00000300. The Labute approximate surface area is 191 Å². The number of methoxy groups -OCH3 is 1. The maximum atomic E-state index is 5.69. The molecule has 2 N–H and O–H groups in total. The predicted octanol–water partition coefficient (Wildman–Crippen LogP) is 3.76. The summed E-state index contributed by atoms with van der Waals surface area (Å²) in [6.07, 6.45) is 5.17. The van der Waals surface area contributed by atoms with Crippen LogP contribution in [0.2, 0.25) is 0 Å². The van der Waals surface area contributed by atoms with Crippen molar-refractivity contribution in [3.05, 3.63) is 53.5 Å². The van der Waals surface area contributed by atoms with Gasteiger partial charge in [0.1, 0.15) is 11.5 Å². The van der Waals surface area contributed by atoms with E-state index in [1.165, 1.54) is 18.4 Å². The first-order chi connectivity index (χ1) is 13.7. The van der Waals surface area contributed by atoms with Crippen molar-refractivity contribution < 1.29 is 9.15 Å². The van der Waals surface area contributed by atoms with E-state index in [4.69, 9.17) is 9.15 Å². The van der Waals surface area contributed by atoms with Gasteiger partial charge in [-0.2, -0.15) is 0 Å². The summed E-state index contributed by atoms with van der Waals surface area (Å²) in [5.41, 5.74) is 2.40. The molecule has 1 aromatic heterocycles. The van der Waals surface area contributed by atoms with Gasteiger partial charge in [-0.1, -0.05) is 12.1 Å². The van der Waals surface area contributed by atoms with Gasteiger partial charge < -0.3 is 19.8 Å². The van der Waals surface area contributed by atoms with Gasteiger partial charge in [0, 0.05) is 20.1 Å². The fourth-order valence-electron chi connectivity index (χ4n) is 3.70. The Bertz CT molecular complexity index is 758. The quantitative estimate of drug-likeness (QED) is 0.321. The highest BCUT2D eigenvalue weighted by molar-refractivity contribution is 14.0. The van der Waals surface area contributed by atoms with Gasteiger partial charge in [0.15, 0.2) is 5.96 Å². The zero-order valence-corrected chi connectivity index (χ0v) is 19.9. The lowest BCUT2D eigenvalue weighted by Crippen LogP contribution is -2.43. The summed E-state index contributed by atoms with van der Waals surface area (Å²) in [6.45, 7) is 5.87. The molecule has 1 saturated heterocycles. The fraction of sp³-hybridized carbons (Fsp3) is 0.500. The first kappa shape index (κ1) is 23.5. The molecule has 6 nitrogen and oxygen atoms in total. The van der Waals surface area contributed by atoms with Gasteiger partial charge >= 0.3 is 0 Å². The van der Waals surface area contributed by atoms with E-state index >= 15 is 0 Å². The van der Waals surface area contributed by atoms with Crippen molar-refractivity contribution in [2.24, 2.45) is 4.99 Å². The lowest BCUT2D eigenvalue weighted by atomic mass is 10.1. The monoisotopic (exact) mass is 512 g/mol. The lowest BCUT2D eigenvalue weighted by Gasteiger charge is -2.26. The van der Waals surface area contributed by atoms with Gasteiger partial charge in [0.25, 0.3) is 0 Å². The number of nitrogens with one attached hydrogen (secondary N) is 2. The summed E-state index contributed by atoms with van der Waals surface area (Å²) in [5, 5.41) is 6.88. The van der Waals surface area contributed by atoms with Crippen molar-refractivity contribution in [1.82, 2.24) is 15.5 Å². The maximum Gasteiger partial charge on any atom is 0.191 e. The molecule has 0 amide bonds. The highest BCUT2D eigenvalue weighted by Gasteiger charge is 2.25. The number of likely N-dealkylation sites (tertiary alicyclic amines) is 1. The topological polar surface area (TPSA) is 62.0 Å². The number of furan rings is 1. The average Bonchev–Trinajstić information content (AvgIpc) is 3.42. The van der Waals surface area contributed by atoms with Crippen LogP contribution in [0, 0.1) is 6.92 Å². The molecule has 2 aromatic rings. The van der Waals surface area contributed by atoms with E-state index in [2.05, 4.69) is 51.7 Å². The summed E-state index contributed by atoms with van der Waals surface area (Å²) < 4.78 is 11.1. The number of rotatable bonds is 8. The molecule has 7 heteroatoms.